The standard InChI is InChI=1S/C14H12F3N3O/c15-14(16,17)9-1-2-12(19)10(6-9)13(21)5-8-7-20-4-3-11(8)18/h1-4,6-7H,5,19H2,(H2,18,20). The first-order chi connectivity index (χ1) is 9.79. The van der Waals surface area contributed by atoms with E-state index >= 15 is 0 Å². The average Bonchev–Trinajstić information content (AvgIpc) is 2.40. The minimum Gasteiger partial charge on any atom is -0.398 e. The molecule has 0 aliphatic heterocycles. The second kappa shape index (κ2) is 5.43. The van der Waals surface area contributed by atoms with Gasteiger partial charge in [0.15, 0.2) is 5.78 Å². The van der Waals surface area contributed by atoms with E-state index < -0.39 is 17.5 Å². The maximum atomic E-state index is 12.7. The van der Waals surface area contributed by atoms with E-state index in [9.17, 15) is 18.0 Å². The number of nitrogens with two attached hydrogens (primary N) is 2. The minimum atomic E-state index is -4.53. The van der Waals surface area contributed by atoms with Crippen LogP contribution in [-0.2, 0) is 12.6 Å². The zero-order valence-electron chi connectivity index (χ0n) is 10.8. The summed E-state index contributed by atoms with van der Waals surface area (Å²) in [5.74, 6) is -0.543. The number of pyridine rings is 1. The van der Waals surface area contributed by atoms with Crippen molar-refractivity contribution >= 4 is 17.2 Å². The molecule has 0 saturated carbocycles. The number of hydrogen-bond acceptors (Lipinski definition) is 4. The molecule has 0 unspecified atom stereocenters. The Balaban J connectivity index is 2.33. The molecule has 0 spiro atoms. The predicted molar refractivity (Wildman–Crippen MR) is 72.5 cm³/mol. The van der Waals surface area contributed by atoms with Crippen LogP contribution >= 0.6 is 0 Å². The Kier molecular flexibility index (Phi) is 3.84. The van der Waals surface area contributed by atoms with Crippen LogP contribution in [0.4, 0.5) is 24.5 Å². The van der Waals surface area contributed by atoms with Crippen molar-refractivity contribution in [1.29, 1.82) is 0 Å². The number of benzene rings is 1. The normalized spacial score (nSPS) is 11.4. The van der Waals surface area contributed by atoms with Gasteiger partial charge in [-0.2, -0.15) is 13.2 Å². The molecular weight excluding hydrogens is 283 g/mol. The van der Waals surface area contributed by atoms with E-state index in [-0.39, 0.29) is 17.7 Å². The van der Waals surface area contributed by atoms with Crippen molar-refractivity contribution in [2.24, 2.45) is 0 Å². The number of rotatable bonds is 3. The Morgan fingerprint density at radius 2 is 1.86 bits per heavy atom. The first kappa shape index (κ1) is 14.8. The molecule has 0 atom stereocenters. The highest BCUT2D eigenvalue weighted by atomic mass is 19.4. The van der Waals surface area contributed by atoms with Crippen molar-refractivity contribution < 1.29 is 18.0 Å². The number of nitrogen functional groups attached to an aromatic ring is 2. The summed E-state index contributed by atoms with van der Waals surface area (Å²) >= 11 is 0. The van der Waals surface area contributed by atoms with Crippen molar-refractivity contribution in [2.45, 2.75) is 12.6 Å². The maximum absolute atomic E-state index is 12.7. The van der Waals surface area contributed by atoms with Crippen LogP contribution < -0.4 is 11.5 Å². The van der Waals surface area contributed by atoms with Crippen LogP contribution in [0.3, 0.4) is 0 Å². The van der Waals surface area contributed by atoms with Crippen LogP contribution in [0.5, 0.6) is 0 Å². The third-order valence-corrected chi connectivity index (χ3v) is 2.97. The molecule has 0 fully saturated rings. The van der Waals surface area contributed by atoms with Crippen LogP contribution in [0.1, 0.15) is 21.5 Å². The van der Waals surface area contributed by atoms with Crippen molar-refractivity contribution in [3.63, 3.8) is 0 Å². The molecule has 0 aliphatic rings. The number of carbonyl (C=O) groups excluding carboxylic acids is 1. The number of nitrogens with zero attached hydrogens (tertiary/aromatic N) is 1. The molecule has 7 heteroatoms. The smallest absolute Gasteiger partial charge is 0.398 e. The Labute approximate surface area is 118 Å². The van der Waals surface area contributed by atoms with E-state index in [1.165, 1.54) is 18.5 Å². The van der Waals surface area contributed by atoms with E-state index in [0.717, 1.165) is 18.2 Å². The topological polar surface area (TPSA) is 82.0 Å². The van der Waals surface area contributed by atoms with E-state index in [2.05, 4.69) is 4.98 Å². The van der Waals surface area contributed by atoms with E-state index in [4.69, 9.17) is 11.5 Å². The summed E-state index contributed by atoms with van der Waals surface area (Å²) in [4.78, 5) is 16.0. The lowest BCUT2D eigenvalue weighted by molar-refractivity contribution is -0.137. The van der Waals surface area contributed by atoms with Crippen LogP contribution in [0.15, 0.2) is 36.7 Å². The van der Waals surface area contributed by atoms with E-state index in [1.807, 2.05) is 0 Å². The van der Waals surface area contributed by atoms with Gasteiger partial charge in [-0.05, 0) is 24.3 Å². The first-order valence-corrected chi connectivity index (χ1v) is 5.97. The fraction of sp³-hybridized carbons (Fsp3) is 0.143. The molecule has 110 valence electrons. The van der Waals surface area contributed by atoms with Crippen LogP contribution in [0.2, 0.25) is 0 Å². The maximum Gasteiger partial charge on any atom is 0.416 e. The highest BCUT2D eigenvalue weighted by Gasteiger charge is 2.31. The lowest BCUT2D eigenvalue weighted by Crippen LogP contribution is -2.12. The molecule has 1 heterocycles. The van der Waals surface area contributed by atoms with Gasteiger partial charge < -0.3 is 11.5 Å². The number of Topliss-reactive ketones (excluding diaryl/α,β-unsaturated/α-hetero) is 1. The fourth-order valence-corrected chi connectivity index (χ4v) is 1.83. The monoisotopic (exact) mass is 295 g/mol. The summed E-state index contributed by atoms with van der Waals surface area (Å²) in [7, 11) is 0. The number of alkyl halides is 3. The molecule has 0 bridgehead atoms. The van der Waals surface area contributed by atoms with Gasteiger partial charge in [0.2, 0.25) is 0 Å². The molecule has 0 saturated heterocycles. The Morgan fingerprint density at radius 1 is 1.14 bits per heavy atom. The lowest BCUT2D eigenvalue weighted by Gasteiger charge is -2.11. The summed E-state index contributed by atoms with van der Waals surface area (Å²) in [6, 6.07) is 4.18. The van der Waals surface area contributed by atoms with Gasteiger partial charge in [-0.15, -0.1) is 0 Å². The largest absolute Gasteiger partial charge is 0.416 e. The number of ketones is 1. The van der Waals surface area contributed by atoms with E-state index in [0.29, 0.717) is 11.3 Å². The Hall–Kier alpha value is -2.57. The quantitative estimate of drug-likeness (QED) is 0.673. The number of halogens is 3. The number of aromatic nitrogens is 1. The molecule has 4 N–H and O–H groups in total. The van der Waals surface area contributed by atoms with Gasteiger partial charge in [-0.1, -0.05) is 0 Å². The Bertz CT molecular complexity index is 683. The number of hydrogen-bond donors (Lipinski definition) is 2. The lowest BCUT2D eigenvalue weighted by atomic mass is 9.99. The molecule has 0 aliphatic carbocycles. The molecule has 2 aromatic rings. The molecular formula is C14H12F3N3O. The van der Waals surface area contributed by atoms with Gasteiger partial charge in [0, 0.05) is 41.3 Å². The van der Waals surface area contributed by atoms with Crippen molar-refractivity contribution in [1.82, 2.24) is 4.98 Å². The molecule has 4 nitrogen and oxygen atoms in total. The zero-order chi connectivity index (χ0) is 15.6. The van der Waals surface area contributed by atoms with Crippen LogP contribution in [-0.4, -0.2) is 10.8 Å². The SMILES string of the molecule is Nc1ccncc1CC(=O)c1cc(C(F)(F)F)ccc1N. The second-order valence-corrected chi connectivity index (χ2v) is 4.47. The minimum absolute atomic E-state index is 0.00420. The predicted octanol–water partition coefficient (Wildman–Crippen LogP) is 2.69. The fourth-order valence-electron chi connectivity index (χ4n) is 1.83. The van der Waals surface area contributed by atoms with Crippen LogP contribution in [0.25, 0.3) is 0 Å². The third-order valence-electron chi connectivity index (χ3n) is 2.97. The molecule has 0 amide bonds. The van der Waals surface area contributed by atoms with Gasteiger partial charge >= 0.3 is 6.18 Å². The van der Waals surface area contributed by atoms with Gasteiger partial charge in [0.25, 0.3) is 0 Å². The van der Waals surface area contributed by atoms with Gasteiger partial charge in [0.1, 0.15) is 0 Å². The van der Waals surface area contributed by atoms with E-state index in [1.54, 1.807) is 0 Å². The molecule has 21 heavy (non-hydrogen) atoms. The van der Waals surface area contributed by atoms with Crippen molar-refractivity contribution in [3.8, 4) is 0 Å². The zero-order valence-corrected chi connectivity index (χ0v) is 10.8. The molecule has 1 aromatic carbocycles. The second-order valence-electron chi connectivity index (χ2n) is 4.47. The van der Waals surface area contributed by atoms with Gasteiger partial charge in [0.05, 0.1) is 5.56 Å². The molecule has 2 rings (SSSR count). The summed E-state index contributed by atoms with van der Waals surface area (Å²) in [5, 5.41) is 0. The first-order valence-electron chi connectivity index (χ1n) is 5.97. The van der Waals surface area contributed by atoms with Gasteiger partial charge in [-0.25, -0.2) is 0 Å². The number of carbonyl (C=O) groups is 1. The molecule has 0 radical (unpaired) electrons. The van der Waals surface area contributed by atoms with Crippen molar-refractivity contribution in [2.75, 3.05) is 11.5 Å². The third kappa shape index (κ3) is 3.31. The highest BCUT2D eigenvalue weighted by Crippen LogP contribution is 2.31. The Morgan fingerprint density at radius 3 is 2.48 bits per heavy atom. The summed E-state index contributed by atoms with van der Waals surface area (Å²) in [5.41, 5.74) is 11.0. The summed E-state index contributed by atoms with van der Waals surface area (Å²) < 4.78 is 38.0. The highest BCUT2D eigenvalue weighted by molar-refractivity contribution is 6.02. The number of anilines is 2. The van der Waals surface area contributed by atoms with Crippen molar-refractivity contribution in [3.05, 3.63) is 53.3 Å². The van der Waals surface area contributed by atoms with Gasteiger partial charge in [-0.3, -0.25) is 9.78 Å². The molecule has 1 aromatic heterocycles. The average molecular weight is 295 g/mol. The summed E-state index contributed by atoms with van der Waals surface area (Å²) in [6.45, 7) is 0. The van der Waals surface area contributed by atoms with Crippen LogP contribution in [0, 0.1) is 0 Å². The summed E-state index contributed by atoms with van der Waals surface area (Å²) in [6.07, 6.45) is -1.83.